The summed E-state index contributed by atoms with van der Waals surface area (Å²) in [6.45, 7) is 6.57. The van der Waals surface area contributed by atoms with E-state index in [-0.39, 0.29) is 0 Å². The van der Waals surface area contributed by atoms with Crippen LogP contribution in [0.2, 0.25) is 0 Å². The Morgan fingerprint density at radius 3 is 2.54 bits per heavy atom. The highest BCUT2D eigenvalue weighted by molar-refractivity contribution is 7.71. The number of aryl methyl sites for hydroxylation is 1. The molecule has 4 nitrogen and oxygen atoms in total. The van der Waals surface area contributed by atoms with E-state index in [2.05, 4.69) is 31.0 Å². The standard InChI is InChI=1S/C8H16N4S/c1-8(2,3)5-4-6-10-11-7(13)12(6)9/h4-5,9H2,1-3H3,(H,11,13). The molecule has 1 aromatic heterocycles. The Morgan fingerprint density at radius 1 is 1.54 bits per heavy atom. The molecule has 0 aliphatic carbocycles. The number of nitrogens with zero attached hydrogens (tertiary/aromatic N) is 2. The first-order chi connectivity index (χ1) is 5.90. The minimum absolute atomic E-state index is 0.299. The van der Waals surface area contributed by atoms with Crippen molar-refractivity contribution in [3.05, 3.63) is 10.6 Å². The zero-order valence-corrected chi connectivity index (χ0v) is 9.11. The summed E-state index contributed by atoms with van der Waals surface area (Å²) in [5.41, 5.74) is 0.299. The van der Waals surface area contributed by atoms with Gasteiger partial charge in [-0.2, -0.15) is 5.10 Å². The molecule has 0 saturated heterocycles. The average molecular weight is 200 g/mol. The number of hydrogen-bond donors (Lipinski definition) is 2. The van der Waals surface area contributed by atoms with Crippen LogP contribution in [0, 0.1) is 10.2 Å². The van der Waals surface area contributed by atoms with Crippen molar-refractivity contribution in [3.63, 3.8) is 0 Å². The number of nitrogens with one attached hydrogen (secondary N) is 1. The van der Waals surface area contributed by atoms with Crippen molar-refractivity contribution in [3.8, 4) is 0 Å². The Kier molecular flexibility index (Phi) is 2.75. The van der Waals surface area contributed by atoms with E-state index in [1.165, 1.54) is 4.68 Å². The third-order valence-electron chi connectivity index (χ3n) is 1.88. The summed E-state index contributed by atoms with van der Waals surface area (Å²) in [6, 6.07) is 0. The fourth-order valence-corrected chi connectivity index (χ4v) is 1.15. The van der Waals surface area contributed by atoms with E-state index in [4.69, 9.17) is 18.1 Å². The number of H-pyrrole nitrogens is 1. The zero-order valence-electron chi connectivity index (χ0n) is 8.29. The minimum Gasteiger partial charge on any atom is -0.335 e. The van der Waals surface area contributed by atoms with Gasteiger partial charge in [0, 0.05) is 6.42 Å². The topological polar surface area (TPSA) is 59.6 Å². The van der Waals surface area contributed by atoms with Gasteiger partial charge in [0.2, 0.25) is 4.77 Å². The first-order valence-electron chi connectivity index (χ1n) is 4.31. The molecule has 0 radical (unpaired) electrons. The molecular weight excluding hydrogens is 184 g/mol. The number of aromatic nitrogens is 3. The second-order valence-electron chi connectivity index (χ2n) is 4.38. The van der Waals surface area contributed by atoms with Gasteiger partial charge in [-0.1, -0.05) is 20.8 Å². The van der Waals surface area contributed by atoms with E-state index in [1.54, 1.807) is 0 Å². The highest BCUT2D eigenvalue weighted by Gasteiger charge is 2.12. The molecule has 0 aliphatic heterocycles. The minimum atomic E-state index is 0.299. The van der Waals surface area contributed by atoms with E-state index in [0.29, 0.717) is 10.2 Å². The Morgan fingerprint density at radius 2 is 2.15 bits per heavy atom. The van der Waals surface area contributed by atoms with Crippen LogP contribution in [0.3, 0.4) is 0 Å². The fraction of sp³-hybridized carbons (Fsp3) is 0.750. The molecule has 0 spiro atoms. The molecular formula is C8H16N4S. The average Bonchev–Trinajstić information content (AvgIpc) is 2.29. The quantitative estimate of drug-likeness (QED) is 0.563. The van der Waals surface area contributed by atoms with Gasteiger partial charge in [0.25, 0.3) is 0 Å². The number of rotatable bonds is 2. The Hall–Kier alpha value is -0.840. The van der Waals surface area contributed by atoms with Crippen LogP contribution in [-0.2, 0) is 6.42 Å². The molecule has 1 heterocycles. The highest BCUT2D eigenvalue weighted by Crippen LogP contribution is 2.20. The molecule has 1 aromatic rings. The lowest BCUT2D eigenvalue weighted by Crippen LogP contribution is -2.15. The number of nitrogens with two attached hydrogens (primary N) is 1. The van der Waals surface area contributed by atoms with Gasteiger partial charge in [-0.05, 0) is 24.1 Å². The van der Waals surface area contributed by atoms with Crippen LogP contribution >= 0.6 is 12.2 Å². The second-order valence-corrected chi connectivity index (χ2v) is 4.76. The van der Waals surface area contributed by atoms with E-state index >= 15 is 0 Å². The van der Waals surface area contributed by atoms with E-state index < -0.39 is 0 Å². The summed E-state index contributed by atoms with van der Waals surface area (Å²) in [5, 5.41) is 6.70. The number of nitrogen functional groups attached to an aromatic ring is 1. The second kappa shape index (κ2) is 3.49. The molecule has 5 heteroatoms. The van der Waals surface area contributed by atoms with Crippen LogP contribution in [0.5, 0.6) is 0 Å². The molecule has 0 aliphatic rings. The molecule has 0 amide bonds. The van der Waals surface area contributed by atoms with Crippen LogP contribution in [0.4, 0.5) is 0 Å². The maximum Gasteiger partial charge on any atom is 0.214 e. The molecule has 0 bridgehead atoms. The van der Waals surface area contributed by atoms with Crippen LogP contribution in [0.1, 0.15) is 33.0 Å². The lowest BCUT2D eigenvalue weighted by Gasteiger charge is -2.16. The van der Waals surface area contributed by atoms with Crippen LogP contribution in [0.25, 0.3) is 0 Å². The molecule has 0 fully saturated rings. The molecule has 74 valence electrons. The summed E-state index contributed by atoms with van der Waals surface area (Å²) in [4.78, 5) is 0. The maximum absolute atomic E-state index is 5.65. The predicted molar refractivity (Wildman–Crippen MR) is 55.3 cm³/mol. The van der Waals surface area contributed by atoms with Gasteiger partial charge in [-0.25, -0.2) is 4.68 Å². The Labute approximate surface area is 83.1 Å². The van der Waals surface area contributed by atoms with Crippen molar-refractivity contribution < 1.29 is 0 Å². The largest absolute Gasteiger partial charge is 0.335 e. The first kappa shape index (κ1) is 10.2. The number of aromatic amines is 1. The number of hydrogen-bond acceptors (Lipinski definition) is 3. The van der Waals surface area contributed by atoms with Gasteiger partial charge in [0.1, 0.15) is 0 Å². The highest BCUT2D eigenvalue weighted by atomic mass is 32.1. The van der Waals surface area contributed by atoms with E-state index in [1.807, 2.05) is 0 Å². The van der Waals surface area contributed by atoms with Crippen molar-refractivity contribution in [2.24, 2.45) is 5.41 Å². The van der Waals surface area contributed by atoms with Crippen molar-refractivity contribution in [1.82, 2.24) is 14.9 Å². The van der Waals surface area contributed by atoms with E-state index in [0.717, 1.165) is 18.7 Å². The molecule has 0 atom stereocenters. The maximum atomic E-state index is 5.65. The molecule has 1 rings (SSSR count). The van der Waals surface area contributed by atoms with Crippen LogP contribution in [0.15, 0.2) is 0 Å². The van der Waals surface area contributed by atoms with Crippen LogP contribution in [-0.4, -0.2) is 14.9 Å². The molecule has 0 unspecified atom stereocenters. The molecule has 3 N–H and O–H groups in total. The Balaban J connectivity index is 2.66. The smallest absolute Gasteiger partial charge is 0.214 e. The van der Waals surface area contributed by atoms with Gasteiger partial charge in [-0.3, -0.25) is 5.10 Å². The molecule has 13 heavy (non-hydrogen) atoms. The van der Waals surface area contributed by atoms with Gasteiger partial charge in [0.15, 0.2) is 5.82 Å². The molecule has 0 saturated carbocycles. The fourth-order valence-electron chi connectivity index (χ4n) is 1.00. The monoisotopic (exact) mass is 200 g/mol. The predicted octanol–water partition coefficient (Wildman–Crippen LogP) is 1.63. The van der Waals surface area contributed by atoms with Crippen molar-refractivity contribution >= 4 is 12.2 Å². The van der Waals surface area contributed by atoms with Gasteiger partial charge in [0.05, 0.1) is 0 Å². The van der Waals surface area contributed by atoms with Gasteiger partial charge < -0.3 is 5.84 Å². The summed E-state index contributed by atoms with van der Waals surface area (Å²) in [7, 11) is 0. The lowest BCUT2D eigenvalue weighted by atomic mass is 9.90. The first-order valence-corrected chi connectivity index (χ1v) is 4.72. The molecule has 0 aromatic carbocycles. The van der Waals surface area contributed by atoms with Crippen molar-refractivity contribution in [2.75, 3.05) is 5.84 Å². The third kappa shape index (κ3) is 2.84. The van der Waals surface area contributed by atoms with Gasteiger partial charge in [-0.15, -0.1) is 0 Å². The Bertz CT molecular complexity index is 331. The summed E-state index contributed by atoms with van der Waals surface area (Å²) >= 11 is 4.90. The summed E-state index contributed by atoms with van der Waals surface area (Å²) < 4.78 is 1.91. The van der Waals surface area contributed by atoms with Crippen LogP contribution < -0.4 is 5.84 Å². The normalized spacial score (nSPS) is 11.9. The zero-order chi connectivity index (χ0) is 10.1. The lowest BCUT2D eigenvalue weighted by molar-refractivity contribution is 0.373. The van der Waals surface area contributed by atoms with Gasteiger partial charge >= 0.3 is 0 Å². The van der Waals surface area contributed by atoms with Crippen molar-refractivity contribution in [1.29, 1.82) is 0 Å². The summed E-state index contributed by atoms with van der Waals surface area (Å²) in [5.74, 6) is 6.47. The summed E-state index contributed by atoms with van der Waals surface area (Å²) in [6.07, 6.45) is 1.90. The van der Waals surface area contributed by atoms with Crippen molar-refractivity contribution in [2.45, 2.75) is 33.6 Å². The third-order valence-corrected chi connectivity index (χ3v) is 2.16. The SMILES string of the molecule is CC(C)(C)CCc1n[nH]c(=S)n1N. The van der Waals surface area contributed by atoms with E-state index in [9.17, 15) is 0 Å².